The second-order valence-corrected chi connectivity index (χ2v) is 7.35. The van der Waals surface area contributed by atoms with Gasteiger partial charge in [-0.05, 0) is 49.5 Å². The molecule has 2 aliphatic rings. The fourth-order valence-electron chi connectivity index (χ4n) is 3.45. The van der Waals surface area contributed by atoms with Crippen LogP contribution in [-0.4, -0.2) is 60.8 Å². The minimum atomic E-state index is -0.274. The monoisotopic (exact) mass is 377 g/mol. The molecule has 6 heteroatoms. The third kappa shape index (κ3) is 5.76. The van der Waals surface area contributed by atoms with Crippen molar-refractivity contribution >= 4 is 23.0 Å². The van der Waals surface area contributed by atoms with E-state index in [-0.39, 0.29) is 5.82 Å². The first-order chi connectivity index (χ1) is 12.7. The Bertz CT molecular complexity index is 619. The molecular formula is C20H28FN3OS. The van der Waals surface area contributed by atoms with Crippen LogP contribution >= 0.6 is 12.2 Å². The van der Waals surface area contributed by atoms with E-state index in [4.69, 9.17) is 17.0 Å². The lowest BCUT2D eigenvalue weighted by Gasteiger charge is -2.34. The predicted molar refractivity (Wildman–Crippen MR) is 108 cm³/mol. The summed E-state index contributed by atoms with van der Waals surface area (Å²) in [6.45, 7) is 6.23. The number of thiocarbonyl (C=S) groups is 1. The van der Waals surface area contributed by atoms with Crippen molar-refractivity contribution in [2.45, 2.75) is 19.3 Å². The van der Waals surface area contributed by atoms with E-state index >= 15 is 0 Å². The van der Waals surface area contributed by atoms with Crippen molar-refractivity contribution in [3.05, 3.63) is 42.2 Å². The van der Waals surface area contributed by atoms with E-state index in [2.05, 4.69) is 27.3 Å². The van der Waals surface area contributed by atoms with Gasteiger partial charge < -0.3 is 15.0 Å². The Balaban J connectivity index is 1.61. The van der Waals surface area contributed by atoms with Crippen molar-refractivity contribution < 1.29 is 9.13 Å². The maximum absolute atomic E-state index is 14.0. The second kappa shape index (κ2) is 10.00. The molecular weight excluding hydrogens is 349 g/mol. The zero-order valence-corrected chi connectivity index (χ0v) is 16.0. The molecule has 0 radical (unpaired) electrons. The fourth-order valence-corrected chi connectivity index (χ4v) is 3.73. The molecule has 1 unspecified atom stereocenters. The quantitative estimate of drug-likeness (QED) is 0.605. The number of benzene rings is 1. The smallest absolute Gasteiger partial charge is 0.173 e. The number of nitrogens with zero attached hydrogens (tertiary/aromatic N) is 2. The lowest BCUT2D eigenvalue weighted by molar-refractivity contribution is 0.0356. The van der Waals surface area contributed by atoms with Gasteiger partial charge in [-0.15, -0.1) is 0 Å². The van der Waals surface area contributed by atoms with Gasteiger partial charge in [0, 0.05) is 32.7 Å². The predicted octanol–water partition coefficient (Wildman–Crippen LogP) is 3.51. The van der Waals surface area contributed by atoms with Gasteiger partial charge >= 0.3 is 0 Å². The average Bonchev–Trinajstić information content (AvgIpc) is 2.68. The second-order valence-electron chi connectivity index (χ2n) is 6.96. The van der Waals surface area contributed by atoms with Crippen LogP contribution in [0.3, 0.4) is 0 Å². The van der Waals surface area contributed by atoms with Crippen LogP contribution in [0.25, 0.3) is 0 Å². The Hall–Kier alpha value is -1.50. The number of para-hydroxylation sites is 1. The van der Waals surface area contributed by atoms with Gasteiger partial charge in [-0.25, -0.2) is 4.39 Å². The zero-order valence-electron chi connectivity index (χ0n) is 15.2. The molecule has 4 nitrogen and oxygen atoms in total. The molecule has 0 amide bonds. The Labute approximate surface area is 161 Å². The summed E-state index contributed by atoms with van der Waals surface area (Å²) >= 11 is 5.64. The molecule has 0 saturated carbocycles. The van der Waals surface area contributed by atoms with Crippen LogP contribution in [0.2, 0.25) is 0 Å². The number of rotatable bonds is 6. The zero-order chi connectivity index (χ0) is 18.2. The number of hydrogen-bond donors (Lipinski definition) is 1. The molecule has 1 aliphatic carbocycles. The highest BCUT2D eigenvalue weighted by Gasteiger charge is 2.19. The highest BCUT2D eigenvalue weighted by atomic mass is 32.1. The number of morpholine rings is 1. The molecule has 1 atom stereocenters. The highest BCUT2D eigenvalue weighted by molar-refractivity contribution is 7.80. The summed E-state index contributed by atoms with van der Waals surface area (Å²) in [5.41, 5.74) is 0.442. The van der Waals surface area contributed by atoms with Crippen LogP contribution in [0, 0.1) is 11.7 Å². The summed E-state index contributed by atoms with van der Waals surface area (Å²) in [6, 6.07) is 6.69. The molecule has 1 aromatic rings. The third-order valence-corrected chi connectivity index (χ3v) is 5.41. The maximum Gasteiger partial charge on any atom is 0.173 e. The van der Waals surface area contributed by atoms with Gasteiger partial charge in [0.1, 0.15) is 5.82 Å². The average molecular weight is 378 g/mol. The molecule has 0 spiro atoms. The molecule has 26 heavy (non-hydrogen) atoms. The largest absolute Gasteiger partial charge is 0.379 e. The molecule has 1 aliphatic heterocycles. The third-order valence-electron chi connectivity index (χ3n) is 5.05. The molecule has 142 valence electrons. The summed E-state index contributed by atoms with van der Waals surface area (Å²) in [5, 5.41) is 3.72. The van der Waals surface area contributed by atoms with Crippen LogP contribution in [-0.2, 0) is 4.74 Å². The van der Waals surface area contributed by atoms with Gasteiger partial charge in [-0.1, -0.05) is 24.3 Å². The number of nitrogens with one attached hydrogen (secondary N) is 1. The van der Waals surface area contributed by atoms with Crippen LogP contribution in [0.1, 0.15) is 19.3 Å². The van der Waals surface area contributed by atoms with E-state index in [9.17, 15) is 4.39 Å². The first-order valence-corrected chi connectivity index (χ1v) is 9.89. The van der Waals surface area contributed by atoms with Gasteiger partial charge in [0.15, 0.2) is 5.11 Å². The Morgan fingerprint density at radius 2 is 2.08 bits per heavy atom. The number of halogens is 1. The SMILES string of the molecule is Fc1ccccc1NC(=S)N(CCN1CCOCC1)CC1CC=CCC1. The Kier molecular flexibility index (Phi) is 7.41. The molecule has 0 aromatic heterocycles. The number of allylic oxidation sites excluding steroid dienone is 2. The summed E-state index contributed by atoms with van der Waals surface area (Å²) in [4.78, 5) is 4.62. The lowest BCUT2D eigenvalue weighted by Crippen LogP contribution is -2.45. The van der Waals surface area contributed by atoms with Crippen molar-refractivity contribution in [2.75, 3.05) is 51.3 Å². The number of hydrogen-bond acceptors (Lipinski definition) is 3. The topological polar surface area (TPSA) is 27.7 Å². The number of anilines is 1. The van der Waals surface area contributed by atoms with Crippen molar-refractivity contribution in [3.63, 3.8) is 0 Å². The van der Waals surface area contributed by atoms with Crippen LogP contribution in [0.4, 0.5) is 10.1 Å². The molecule has 1 fully saturated rings. The van der Waals surface area contributed by atoms with Crippen molar-refractivity contribution in [1.82, 2.24) is 9.80 Å². The first kappa shape index (κ1) is 19.3. The summed E-state index contributed by atoms with van der Waals surface area (Å²) < 4.78 is 19.4. The summed E-state index contributed by atoms with van der Waals surface area (Å²) in [6.07, 6.45) is 7.94. The van der Waals surface area contributed by atoms with E-state index in [1.54, 1.807) is 12.1 Å². The van der Waals surface area contributed by atoms with Gasteiger partial charge in [0.05, 0.1) is 18.9 Å². The highest BCUT2D eigenvalue weighted by Crippen LogP contribution is 2.20. The van der Waals surface area contributed by atoms with Gasteiger partial charge in [-0.3, -0.25) is 4.90 Å². The van der Waals surface area contributed by atoms with Gasteiger partial charge in [0.25, 0.3) is 0 Å². The Morgan fingerprint density at radius 1 is 1.27 bits per heavy atom. The van der Waals surface area contributed by atoms with Crippen LogP contribution in [0.15, 0.2) is 36.4 Å². The maximum atomic E-state index is 14.0. The molecule has 0 bridgehead atoms. The molecule has 1 N–H and O–H groups in total. The van der Waals surface area contributed by atoms with Crippen LogP contribution < -0.4 is 5.32 Å². The molecule has 3 rings (SSSR count). The number of ether oxygens (including phenoxy) is 1. The van der Waals surface area contributed by atoms with E-state index in [0.29, 0.717) is 16.7 Å². The fraction of sp³-hybridized carbons (Fsp3) is 0.550. The van der Waals surface area contributed by atoms with Crippen LogP contribution in [0.5, 0.6) is 0 Å². The minimum absolute atomic E-state index is 0.274. The normalized spacial score (nSPS) is 20.7. The van der Waals surface area contributed by atoms with Gasteiger partial charge in [0.2, 0.25) is 0 Å². The molecule has 1 saturated heterocycles. The van der Waals surface area contributed by atoms with E-state index in [1.807, 2.05) is 6.07 Å². The summed E-state index contributed by atoms with van der Waals surface area (Å²) in [7, 11) is 0. The first-order valence-electron chi connectivity index (χ1n) is 9.48. The van der Waals surface area contributed by atoms with Gasteiger partial charge in [-0.2, -0.15) is 0 Å². The van der Waals surface area contributed by atoms with E-state index < -0.39 is 0 Å². The molecule has 1 heterocycles. The van der Waals surface area contributed by atoms with Crippen molar-refractivity contribution in [1.29, 1.82) is 0 Å². The Morgan fingerprint density at radius 3 is 2.81 bits per heavy atom. The lowest BCUT2D eigenvalue weighted by atomic mass is 9.94. The molecule has 1 aromatic carbocycles. The van der Waals surface area contributed by atoms with Crippen molar-refractivity contribution in [2.24, 2.45) is 5.92 Å². The summed E-state index contributed by atoms with van der Waals surface area (Å²) in [5.74, 6) is 0.327. The van der Waals surface area contributed by atoms with Crippen molar-refractivity contribution in [3.8, 4) is 0 Å². The minimum Gasteiger partial charge on any atom is -0.379 e. The van der Waals surface area contributed by atoms with E-state index in [0.717, 1.165) is 58.8 Å². The standard InChI is InChI=1S/C20H28FN3OS/c21-18-8-4-5-9-19(18)22-20(26)24(16-17-6-2-1-3-7-17)11-10-23-12-14-25-15-13-23/h1-2,4-5,8-9,17H,3,6-7,10-16H2,(H,22,26). The van der Waals surface area contributed by atoms with E-state index in [1.165, 1.54) is 12.5 Å².